The molecule has 1 fully saturated rings. The fraction of sp³-hybridized carbons (Fsp3) is 0.438. The van der Waals surface area contributed by atoms with Crippen molar-refractivity contribution in [2.75, 3.05) is 26.3 Å². The predicted octanol–water partition coefficient (Wildman–Crippen LogP) is 2.10. The lowest BCUT2D eigenvalue weighted by Gasteiger charge is -2.25. The van der Waals surface area contributed by atoms with Crippen molar-refractivity contribution in [1.82, 2.24) is 4.90 Å². The second kappa shape index (κ2) is 5.67. The first-order valence-corrected chi connectivity index (χ1v) is 7.02. The number of rotatable bonds is 4. The third kappa shape index (κ3) is 3.20. The highest BCUT2D eigenvalue weighted by Crippen LogP contribution is 2.24. The van der Waals surface area contributed by atoms with Gasteiger partial charge in [0.15, 0.2) is 0 Å². The Morgan fingerprint density at radius 3 is 2.70 bits per heavy atom. The van der Waals surface area contributed by atoms with Gasteiger partial charge in [-0.1, -0.05) is 18.2 Å². The van der Waals surface area contributed by atoms with Crippen LogP contribution in [-0.2, 0) is 9.53 Å². The van der Waals surface area contributed by atoms with Crippen LogP contribution in [0.1, 0.15) is 18.9 Å². The molecule has 20 heavy (non-hydrogen) atoms. The Balaban J connectivity index is 1.60. The Morgan fingerprint density at radius 1 is 1.40 bits per heavy atom. The first kappa shape index (κ1) is 13.2. The minimum Gasteiger partial charge on any atom is -0.491 e. The van der Waals surface area contributed by atoms with Crippen LogP contribution in [-0.4, -0.2) is 43.2 Å². The van der Waals surface area contributed by atoms with Gasteiger partial charge in [0, 0.05) is 20.0 Å². The summed E-state index contributed by atoms with van der Waals surface area (Å²) in [6, 6.07) is 8.16. The van der Waals surface area contributed by atoms with Gasteiger partial charge in [-0.3, -0.25) is 4.79 Å². The number of ether oxygens (including phenoxy) is 2. The molecule has 0 radical (unpaired) electrons. The predicted molar refractivity (Wildman–Crippen MR) is 76.5 cm³/mol. The number of amides is 1. The fourth-order valence-electron chi connectivity index (χ4n) is 2.34. The van der Waals surface area contributed by atoms with Crippen molar-refractivity contribution in [3.05, 3.63) is 35.9 Å². The Labute approximate surface area is 119 Å². The van der Waals surface area contributed by atoms with Crippen LogP contribution in [0, 0.1) is 0 Å². The second-order valence-electron chi connectivity index (χ2n) is 5.24. The molecule has 3 rings (SSSR count). The molecule has 2 aliphatic rings. The molecule has 1 aromatic carbocycles. The van der Waals surface area contributed by atoms with E-state index in [2.05, 4.69) is 18.2 Å². The standard InChI is InChI=1S/C16H19NO3/c1-12(18)17-8-6-14(7-9-17)13-2-4-15(5-3-13)19-10-16-11-20-16/h2-6,16H,7-11H2,1H3. The van der Waals surface area contributed by atoms with E-state index in [4.69, 9.17) is 9.47 Å². The molecule has 2 aliphatic heterocycles. The number of hydrogen-bond acceptors (Lipinski definition) is 3. The molecule has 1 unspecified atom stereocenters. The highest BCUT2D eigenvalue weighted by molar-refractivity contribution is 5.76. The largest absolute Gasteiger partial charge is 0.491 e. The second-order valence-corrected chi connectivity index (χ2v) is 5.24. The average molecular weight is 273 g/mol. The van der Waals surface area contributed by atoms with E-state index >= 15 is 0 Å². The molecular formula is C16H19NO3. The van der Waals surface area contributed by atoms with Gasteiger partial charge in [0.1, 0.15) is 18.5 Å². The number of epoxide rings is 1. The molecule has 4 heteroatoms. The summed E-state index contributed by atoms with van der Waals surface area (Å²) in [5, 5.41) is 0. The molecule has 1 aromatic rings. The molecule has 0 bridgehead atoms. The van der Waals surface area contributed by atoms with Crippen molar-refractivity contribution in [3.8, 4) is 5.75 Å². The minimum atomic E-state index is 0.145. The van der Waals surface area contributed by atoms with Crippen LogP contribution in [0.4, 0.5) is 0 Å². The lowest BCUT2D eigenvalue weighted by atomic mass is 9.99. The van der Waals surface area contributed by atoms with Gasteiger partial charge in [0.05, 0.1) is 6.61 Å². The van der Waals surface area contributed by atoms with Gasteiger partial charge >= 0.3 is 0 Å². The monoisotopic (exact) mass is 273 g/mol. The van der Waals surface area contributed by atoms with Crippen LogP contribution in [0.2, 0.25) is 0 Å². The van der Waals surface area contributed by atoms with E-state index in [0.29, 0.717) is 13.2 Å². The average Bonchev–Trinajstić information content (AvgIpc) is 3.30. The third-order valence-corrected chi connectivity index (χ3v) is 3.72. The molecule has 0 N–H and O–H groups in total. The Hall–Kier alpha value is -1.81. The van der Waals surface area contributed by atoms with Gasteiger partial charge < -0.3 is 14.4 Å². The Bertz CT molecular complexity index is 517. The van der Waals surface area contributed by atoms with E-state index in [9.17, 15) is 4.79 Å². The number of nitrogens with zero attached hydrogens (tertiary/aromatic N) is 1. The number of carbonyl (C=O) groups excluding carboxylic acids is 1. The summed E-state index contributed by atoms with van der Waals surface area (Å²) in [4.78, 5) is 13.1. The highest BCUT2D eigenvalue weighted by atomic mass is 16.6. The van der Waals surface area contributed by atoms with Crippen molar-refractivity contribution in [1.29, 1.82) is 0 Å². The van der Waals surface area contributed by atoms with Crippen LogP contribution in [0.3, 0.4) is 0 Å². The van der Waals surface area contributed by atoms with Gasteiger partial charge in [0.2, 0.25) is 5.91 Å². The molecule has 0 aliphatic carbocycles. The summed E-state index contributed by atoms with van der Waals surface area (Å²) >= 11 is 0. The number of benzene rings is 1. The molecule has 1 amide bonds. The van der Waals surface area contributed by atoms with E-state index in [1.54, 1.807) is 6.92 Å². The normalized spacial score (nSPS) is 21.4. The lowest BCUT2D eigenvalue weighted by Crippen LogP contribution is -2.32. The highest BCUT2D eigenvalue weighted by Gasteiger charge is 2.23. The molecule has 4 nitrogen and oxygen atoms in total. The SMILES string of the molecule is CC(=O)N1CC=C(c2ccc(OCC3CO3)cc2)CC1. The molecule has 0 saturated carbocycles. The zero-order valence-electron chi connectivity index (χ0n) is 11.7. The van der Waals surface area contributed by atoms with Gasteiger partial charge in [-0.2, -0.15) is 0 Å². The van der Waals surface area contributed by atoms with Crippen molar-refractivity contribution in [2.24, 2.45) is 0 Å². The van der Waals surface area contributed by atoms with Gasteiger partial charge in [-0.25, -0.2) is 0 Å². The van der Waals surface area contributed by atoms with E-state index in [1.807, 2.05) is 17.0 Å². The first-order chi connectivity index (χ1) is 9.72. The van der Waals surface area contributed by atoms with Crippen molar-refractivity contribution >= 4 is 11.5 Å². The van der Waals surface area contributed by atoms with E-state index in [0.717, 1.165) is 25.3 Å². The first-order valence-electron chi connectivity index (χ1n) is 7.02. The summed E-state index contributed by atoms with van der Waals surface area (Å²) in [5.41, 5.74) is 2.52. The van der Waals surface area contributed by atoms with E-state index in [1.165, 1.54) is 11.1 Å². The zero-order valence-corrected chi connectivity index (χ0v) is 11.7. The summed E-state index contributed by atoms with van der Waals surface area (Å²) in [6.07, 6.45) is 3.34. The topological polar surface area (TPSA) is 42.1 Å². The molecule has 106 valence electrons. The van der Waals surface area contributed by atoms with Gasteiger partial charge in [0.25, 0.3) is 0 Å². The van der Waals surface area contributed by atoms with Crippen LogP contribution < -0.4 is 4.74 Å². The maximum Gasteiger partial charge on any atom is 0.219 e. The van der Waals surface area contributed by atoms with E-state index in [-0.39, 0.29) is 12.0 Å². The summed E-state index contributed by atoms with van der Waals surface area (Å²) in [5.74, 6) is 1.03. The van der Waals surface area contributed by atoms with Gasteiger partial charge in [-0.15, -0.1) is 0 Å². The molecule has 0 aromatic heterocycles. The molecule has 1 atom stereocenters. The molecule has 0 spiro atoms. The Morgan fingerprint density at radius 2 is 2.15 bits per heavy atom. The summed E-state index contributed by atoms with van der Waals surface area (Å²) in [7, 11) is 0. The number of carbonyl (C=O) groups is 1. The van der Waals surface area contributed by atoms with Crippen LogP contribution in [0.15, 0.2) is 30.3 Å². The third-order valence-electron chi connectivity index (χ3n) is 3.72. The van der Waals surface area contributed by atoms with Crippen LogP contribution >= 0.6 is 0 Å². The minimum absolute atomic E-state index is 0.145. The summed E-state index contributed by atoms with van der Waals surface area (Å²) < 4.78 is 10.7. The quantitative estimate of drug-likeness (QED) is 0.789. The van der Waals surface area contributed by atoms with Crippen LogP contribution in [0.25, 0.3) is 5.57 Å². The fourth-order valence-corrected chi connectivity index (χ4v) is 2.34. The van der Waals surface area contributed by atoms with Crippen molar-refractivity contribution in [2.45, 2.75) is 19.4 Å². The molecule has 2 heterocycles. The molecule has 1 saturated heterocycles. The van der Waals surface area contributed by atoms with Crippen molar-refractivity contribution < 1.29 is 14.3 Å². The van der Waals surface area contributed by atoms with E-state index < -0.39 is 0 Å². The Kier molecular flexibility index (Phi) is 3.74. The molecular weight excluding hydrogens is 254 g/mol. The maximum atomic E-state index is 11.3. The smallest absolute Gasteiger partial charge is 0.219 e. The summed E-state index contributed by atoms with van der Waals surface area (Å²) in [6.45, 7) is 4.59. The number of hydrogen-bond donors (Lipinski definition) is 0. The van der Waals surface area contributed by atoms with Crippen molar-refractivity contribution in [3.63, 3.8) is 0 Å². The van der Waals surface area contributed by atoms with Crippen LogP contribution in [0.5, 0.6) is 5.75 Å². The maximum absolute atomic E-state index is 11.3. The lowest BCUT2D eigenvalue weighted by molar-refractivity contribution is -0.128. The zero-order chi connectivity index (χ0) is 13.9. The van der Waals surface area contributed by atoms with Gasteiger partial charge in [-0.05, 0) is 29.7 Å².